The first kappa shape index (κ1) is 17.2. The molecule has 0 spiro atoms. The lowest BCUT2D eigenvalue weighted by molar-refractivity contribution is -0.301. The number of halogens is 1. The van der Waals surface area contributed by atoms with E-state index in [1.807, 2.05) is 12.1 Å². The van der Waals surface area contributed by atoms with Crippen molar-refractivity contribution in [2.75, 3.05) is 5.75 Å². The lowest BCUT2D eigenvalue weighted by atomic mass is 10.2. The second-order valence-corrected chi connectivity index (χ2v) is 6.34. The van der Waals surface area contributed by atoms with E-state index in [0.29, 0.717) is 21.8 Å². The quantitative estimate of drug-likeness (QED) is 0.484. The molecule has 0 aliphatic carbocycles. The summed E-state index contributed by atoms with van der Waals surface area (Å²) in [6, 6.07) is 8.88. The highest BCUT2D eigenvalue weighted by Crippen LogP contribution is 2.26. The molecule has 0 aliphatic heterocycles. The zero-order valence-electron chi connectivity index (χ0n) is 13.0. The van der Waals surface area contributed by atoms with Gasteiger partial charge in [0.25, 0.3) is 0 Å². The van der Waals surface area contributed by atoms with Crippen LogP contribution in [0.3, 0.4) is 0 Å². The van der Waals surface area contributed by atoms with Gasteiger partial charge in [-0.15, -0.1) is 10.2 Å². The molecule has 7 nitrogen and oxygen atoms in total. The van der Waals surface area contributed by atoms with Gasteiger partial charge >= 0.3 is 0 Å². The van der Waals surface area contributed by atoms with Crippen LogP contribution in [-0.2, 0) is 4.79 Å². The molecular weight excluding hydrogens is 364 g/mol. The van der Waals surface area contributed by atoms with E-state index in [0.717, 1.165) is 22.9 Å². The van der Waals surface area contributed by atoms with E-state index in [4.69, 9.17) is 16.0 Å². The Labute approximate surface area is 152 Å². The molecule has 0 radical (unpaired) electrons. The molecule has 0 amide bonds. The third-order valence-electron chi connectivity index (χ3n) is 3.22. The van der Waals surface area contributed by atoms with Crippen LogP contribution in [0.2, 0.25) is 5.02 Å². The van der Waals surface area contributed by atoms with Gasteiger partial charge in [0.1, 0.15) is 5.76 Å². The van der Waals surface area contributed by atoms with Crippen LogP contribution in [0.1, 0.15) is 11.3 Å². The van der Waals surface area contributed by atoms with Gasteiger partial charge in [-0.3, -0.25) is 0 Å². The maximum absolute atomic E-state index is 10.7. The molecule has 0 unspecified atom stereocenters. The molecule has 0 saturated carbocycles. The third-order valence-corrected chi connectivity index (χ3v) is 4.37. The fraction of sp³-hybridized carbons (Fsp3) is 0.125. The summed E-state index contributed by atoms with van der Waals surface area (Å²) in [5.41, 5.74) is 1.55. The molecule has 0 saturated heterocycles. The van der Waals surface area contributed by atoms with Crippen LogP contribution in [0.25, 0.3) is 11.4 Å². The second kappa shape index (κ2) is 7.54. The molecule has 3 aromatic rings. The molecule has 2 heterocycles. The van der Waals surface area contributed by atoms with Crippen LogP contribution in [-0.4, -0.2) is 32.8 Å². The Morgan fingerprint density at radius 2 is 2.12 bits per heavy atom. The standard InChI is InChI=1S/C16H13ClN4O3S/c1-10-13(6-7-24-10)15-19-20-16(25-9-14(22)23)21(15)18-8-11-2-4-12(17)5-3-11/h2-8H,9H2,1H3,(H,22,23)/p-1/b18-8-. The highest BCUT2D eigenvalue weighted by Gasteiger charge is 2.17. The van der Waals surface area contributed by atoms with Gasteiger partial charge in [0.15, 0.2) is 5.82 Å². The molecule has 0 aliphatic rings. The predicted octanol–water partition coefficient (Wildman–Crippen LogP) is 2.22. The Hall–Kier alpha value is -2.58. The molecular formula is C16H12ClN4O3S-. The first-order valence-corrected chi connectivity index (χ1v) is 8.53. The first-order valence-electron chi connectivity index (χ1n) is 7.17. The van der Waals surface area contributed by atoms with Crippen molar-refractivity contribution in [3.05, 3.63) is 52.9 Å². The van der Waals surface area contributed by atoms with Gasteiger partial charge < -0.3 is 14.3 Å². The fourth-order valence-corrected chi connectivity index (χ4v) is 2.77. The SMILES string of the molecule is Cc1occc1-c1nnc(SCC(=O)[O-])n1/N=C\c1ccc(Cl)cc1. The van der Waals surface area contributed by atoms with E-state index in [1.165, 1.54) is 4.68 Å². The lowest BCUT2D eigenvalue weighted by Gasteiger charge is -2.04. The number of carbonyl (C=O) groups is 1. The molecule has 1 aromatic carbocycles. The van der Waals surface area contributed by atoms with Crippen LogP contribution < -0.4 is 5.11 Å². The number of carboxylic acid groups (broad SMARTS) is 1. The minimum Gasteiger partial charge on any atom is -0.549 e. The van der Waals surface area contributed by atoms with Gasteiger partial charge in [-0.2, -0.15) is 9.78 Å². The van der Waals surface area contributed by atoms with Crippen LogP contribution in [0, 0.1) is 6.92 Å². The molecule has 3 rings (SSSR count). The Morgan fingerprint density at radius 1 is 1.36 bits per heavy atom. The van der Waals surface area contributed by atoms with Crippen molar-refractivity contribution in [1.29, 1.82) is 0 Å². The summed E-state index contributed by atoms with van der Waals surface area (Å²) in [5.74, 6) is -0.328. The number of carboxylic acids is 1. The number of rotatable bonds is 6. The van der Waals surface area contributed by atoms with E-state index in [1.54, 1.807) is 37.6 Å². The Balaban J connectivity index is 1.98. The highest BCUT2D eigenvalue weighted by molar-refractivity contribution is 7.99. The van der Waals surface area contributed by atoms with E-state index < -0.39 is 5.97 Å². The van der Waals surface area contributed by atoms with Crippen molar-refractivity contribution in [3.63, 3.8) is 0 Å². The minimum atomic E-state index is -1.19. The molecule has 0 atom stereocenters. The van der Waals surface area contributed by atoms with E-state index in [-0.39, 0.29) is 5.75 Å². The summed E-state index contributed by atoms with van der Waals surface area (Å²) in [5, 5.41) is 24.2. The van der Waals surface area contributed by atoms with Crippen molar-refractivity contribution in [2.45, 2.75) is 12.1 Å². The van der Waals surface area contributed by atoms with Crippen molar-refractivity contribution in [1.82, 2.24) is 14.9 Å². The molecule has 0 fully saturated rings. The summed E-state index contributed by atoms with van der Waals surface area (Å²) in [6.45, 7) is 1.80. The normalized spacial score (nSPS) is 11.3. The highest BCUT2D eigenvalue weighted by atomic mass is 35.5. The number of hydrogen-bond donors (Lipinski definition) is 0. The minimum absolute atomic E-state index is 0.251. The summed E-state index contributed by atoms with van der Waals surface area (Å²) in [4.78, 5) is 10.7. The van der Waals surface area contributed by atoms with Crippen LogP contribution >= 0.6 is 23.4 Å². The van der Waals surface area contributed by atoms with E-state index >= 15 is 0 Å². The fourth-order valence-electron chi connectivity index (χ4n) is 2.04. The zero-order chi connectivity index (χ0) is 17.8. The van der Waals surface area contributed by atoms with Crippen LogP contribution in [0.4, 0.5) is 0 Å². The smallest absolute Gasteiger partial charge is 0.212 e. The number of hydrogen-bond acceptors (Lipinski definition) is 7. The number of aromatic nitrogens is 3. The van der Waals surface area contributed by atoms with Crippen molar-refractivity contribution in [3.8, 4) is 11.4 Å². The predicted molar refractivity (Wildman–Crippen MR) is 92.6 cm³/mol. The molecule has 9 heteroatoms. The van der Waals surface area contributed by atoms with Gasteiger partial charge in [0, 0.05) is 10.8 Å². The molecule has 2 aromatic heterocycles. The molecule has 0 bridgehead atoms. The van der Waals surface area contributed by atoms with E-state index in [2.05, 4.69) is 15.3 Å². The maximum Gasteiger partial charge on any atom is 0.212 e. The van der Waals surface area contributed by atoms with Gasteiger partial charge in [-0.25, -0.2) is 0 Å². The Morgan fingerprint density at radius 3 is 2.76 bits per heavy atom. The lowest BCUT2D eigenvalue weighted by Crippen LogP contribution is -2.24. The summed E-state index contributed by atoms with van der Waals surface area (Å²) in [7, 11) is 0. The number of aliphatic carboxylic acids is 1. The second-order valence-electron chi connectivity index (χ2n) is 4.97. The topological polar surface area (TPSA) is 96.3 Å². The summed E-state index contributed by atoms with van der Waals surface area (Å²) >= 11 is 6.85. The first-order chi connectivity index (χ1) is 12.0. The molecule has 25 heavy (non-hydrogen) atoms. The van der Waals surface area contributed by atoms with Crippen LogP contribution in [0.15, 0.2) is 51.3 Å². The zero-order valence-corrected chi connectivity index (χ0v) is 14.6. The van der Waals surface area contributed by atoms with Crippen molar-refractivity contribution >= 4 is 35.5 Å². The average Bonchev–Trinajstić information content (AvgIpc) is 3.18. The molecule has 0 N–H and O–H groups in total. The number of aryl methyl sites for hydroxylation is 1. The van der Waals surface area contributed by atoms with Crippen molar-refractivity contribution in [2.24, 2.45) is 5.10 Å². The number of nitrogens with zero attached hydrogens (tertiary/aromatic N) is 4. The monoisotopic (exact) mass is 375 g/mol. The van der Waals surface area contributed by atoms with Crippen molar-refractivity contribution < 1.29 is 14.3 Å². The van der Waals surface area contributed by atoms with Gasteiger partial charge in [-0.1, -0.05) is 35.5 Å². The van der Waals surface area contributed by atoms with Gasteiger partial charge in [0.2, 0.25) is 5.16 Å². The van der Waals surface area contributed by atoms with Gasteiger partial charge in [0.05, 0.1) is 24.0 Å². The van der Waals surface area contributed by atoms with Crippen LogP contribution in [0.5, 0.6) is 0 Å². The van der Waals surface area contributed by atoms with Gasteiger partial charge in [-0.05, 0) is 30.7 Å². The number of carbonyl (C=O) groups excluding carboxylic acids is 1. The number of benzene rings is 1. The maximum atomic E-state index is 10.7. The molecule has 128 valence electrons. The Kier molecular flexibility index (Phi) is 5.20. The average molecular weight is 376 g/mol. The number of furan rings is 1. The van der Waals surface area contributed by atoms with E-state index in [9.17, 15) is 9.90 Å². The summed E-state index contributed by atoms with van der Waals surface area (Å²) < 4.78 is 6.77. The largest absolute Gasteiger partial charge is 0.549 e. The summed E-state index contributed by atoms with van der Waals surface area (Å²) in [6.07, 6.45) is 3.16. The number of thioether (sulfide) groups is 1. The Bertz CT molecular complexity index is 918. The third kappa shape index (κ3) is 4.09.